The Kier molecular flexibility index (Phi) is 7.75. The summed E-state index contributed by atoms with van der Waals surface area (Å²) in [6.07, 6.45) is 0.0945. The van der Waals surface area contributed by atoms with Gasteiger partial charge in [-0.25, -0.2) is 4.79 Å². The number of hydrogen-bond donors (Lipinski definition) is 1. The van der Waals surface area contributed by atoms with Crippen LogP contribution in [-0.2, 0) is 17.8 Å². The molecular formula is C31H24N2O5S. The number of rotatable bonds is 10. The quantitative estimate of drug-likeness (QED) is 0.167. The number of carbonyl (C=O) groups excluding carboxylic acids is 1. The van der Waals surface area contributed by atoms with Crippen LogP contribution in [0.1, 0.15) is 27.0 Å². The molecule has 39 heavy (non-hydrogen) atoms. The lowest BCUT2D eigenvalue weighted by Gasteiger charge is -2.14. The third-order valence-corrected chi connectivity index (χ3v) is 6.77. The number of methoxy groups -OCH3 is 1. The van der Waals surface area contributed by atoms with Crippen molar-refractivity contribution in [2.24, 2.45) is 0 Å². The van der Waals surface area contributed by atoms with Gasteiger partial charge in [0.05, 0.1) is 24.4 Å². The molecule has 4 aromatic carbocycles. The predicted molar refractivity (Wildman–Crippen MR) is 150 cm³/mol. The molecule has 1 aromatic heterocycles. The molecule has 0 aliphatic carbocycles. The molecule has 0 aliphatic heterocycles. The molecule has 1 heterocycles. The van der Waals surface area contributed by atoms with E-state index in [1.165, 1.54) is 0 Å². The van der Waals surface area contributed by atoms with Crippen LogP contribution < -0.4 is 9.47 Å². The largest absolute Gasteiger partial charge is 0.497 e. The molecule has 8 heteroatoms. The number of carboxylic acids is 1. The van der Waals surface area contributed by atoms with Crippen molar-refractivity contribution < 1.29 is 24.2 Å². The van der Waals surface area contributed by atoms with Crippen LogP contribution in [0.25, 0.3) is 16.6 Å². The molecule has 5 rings (SSSR count). The summed E-state index contributed by atoms with van der Waals surface area (Å²) >= 11 is 1.05. The van der Waals surface area contributed by atoms with Gasteiger partial charge in [-0.3, -0.25) is 4.79 Å². The third kappa shape index (κ3) is 6.02. The van der Waals surface area contributed by atoms with E-state index in [1.54, 1.807) is 61.7 Å². The minimum Gasteiger partial charge on any atom is -0.497 e. The van der Waals surface area contributed by atoms with Crippen LogP contribution >= 0.6 is 11.7 Å². The van der Waals surface area contributed by atoms with Crippen molar-refractivity contribution in [2.45, 2.75) is 13.0 Å². The van der Waals surface area contributed by atoms with Crippen LogP contribution in [0.15, 0.2) is 103 Å². The number of carboxylic acid groups (broad SMARTS) is 1. The molecule has 0 amide bonds. The maximum Gasteiger partial charge on any atom is 0.336 e. The Bertz CT molecular complexity index is 1660. The SMILES string of the molecule is COc1cccc(C/C(C(=O)c2ccc(OCc3ccccc3)cc2)=C(\C(=O)O)c2ccc3nsnc3c2)c1. The fraction of sp³-hybridized carbons (Fsp3) is 0.0968. The summed E-state index contributed by atoms with van der Waals surface area (Å²) in [6.45, 7) is 0.395. The first-order chi connectivity index (χ1) is 19.0. The summed E-state index contributed by atoms with van der Waals surface area (Å²) in [7, 11) is 1.56. The van der Waals surface area contributed by atoms with E-state index in [4.69, 9.17) is 9.47 Å². The van der Waals surface area contributed by atoms with Crippen LogP contribution in [0.3, 0.4) is 0 Å². The van der Waals surface area contributed by atoms with Gasteiger partial charge in [0, 0.05) is 17.6 Å². The van der Waals surface area contributed by atoms with E-state index in [0.717, 1.165) is 22.9 Å². The third-order valence-electron chi connectivity index (χ3n) is 6.21. The topological polar surface area (TPSA) is 98.6 Å². The number of aliphatic carboxylic acids is 1. The second-order valence-corrected chi connectivity index (χ2v) is 9.31. The number of carbonyl (C=O) groups is 2. The number of hydrogen-bond acceptors (Lipinski definition) is 7. The number of allylic oxidation sites excluding steroid dienone is 1. The van der Waals surface area contributed by atoms with Crippen LogP contribution in [-0.4, -0.2) is 32.7 Å². The van der Waals surface area contributed by atoms with Gasteiger partial charge in [-0.05, 0) is 65.2 Å². The van der Waals surface area contributed by atoms with Gasteiger partial charge in [-0.1, -0.05) is 48.5 Å². The van der Waals surface area contributed by atoms with Crippen LogP contribution in [0.4, 0.5) is 0 Å². The second kappa shape index (κ2) is 11.7. The number of ketones is 1. The highest BCUT2D eigenvalue weighted by molar-refractivity contribution is 7.00. The molecule has 7 nitrogen and oxygen atoms in total. The standard InChI is InChI=1S/C31H24N2O5S/c1-37-25-9-5-8-21(16-25)17-26(29(31(35)36)23-12-15-27-28(18-23)33-39-32-27)30(34)22-10-13-24(14-11-22)38-19-20-6-3-2-4-7-20/h2-16,18H,17,19H2,1H3,(H,35,36)/b29-26+. The average molecular weight is 537 g/mol. The summed E-state index contributed by atoms with van der Waals surface area (Å²) < 4.78 is 19.6. The van der Waals surface area contributed by atoms with Gasteiger partial charge >= 0.3 is 5.97 Å². The Morgan fingerprint density at radius 2 is 1.49 bits per heavy atom. The fourth-order valence-electron chi connectivity index (χ4n) is 4.25. The molecule has 194 valence electrons. The Balaban J connectivity index is 1.52. The summed E-state index contributed by atoms with van der Waals surface area (Å²) in [5, 5.41) is 10.3. The maximum absolute atomic E-state index is 13.9. The smallest absolute Gasteiger partial charge is 0.336 e. The molecule has 0 radical (unpaired) electrons. The summed E-state index contributed by atoms with van der Waals surface area (Å²) in [5.74, 6) is -0.368. The van der Waals surface area contributed by atoms with Crippen molar-refractivity contribution in [1.29, 1.82) is 0 Å². The van der Waals surface area contributed by atoms with E-state index in [2.05, 4.69) is 8.75 Å². The molecule has 0 fully saturated rings. The van der Waals surface area contributed by atoms with Gasteiger partial charge in [0.15, 0.2) is 5.78 Å². The van der Waals surface area contributed by atoms with Gasteiger partial charge in [0.2, 0.25) is 0 Å². The monoisotopic (exact) mass is 536 g/mol. The van der Waals surface area contributed by atoms with E-state index in [1.807, 2.05) is 42.5 Å². The molecule has 0 saturated carbocycles. The molecule has 0 atom stereocenters. The molecule has 0 bridgehead atoms. The molecular weight excluding hydrogens is 512 g/mol. The van der Waals surface area contributed by atoms with Gasteiger partial charge in [0.25, 0.3) is 0 Å². The van der Waals surface area contributed by atoms with Crippen LogP contribution in [0.2, 0.25) is 0 Å². The average Bonchev–Trinajstić information content (AvgIpc) is 3.44. The summed E-state index contributed by atoms with van der Waals surface area (Å²) in [6, 6.07) is 28.8. The molecule has 0 saturated heterocycles. The lowest BCUT2D eigenvalue weighted by atomic mass is 9.89. The number of nitrogens with zero attached hydrogens (tertiary/aromatic N) is 2. The zero-order valence-electron chi connectivity index (χ0n) is 21.0. The molecule has 0 aliphatic rings. The van der Waals surface area contributed by atoms with E-state index >= 15 is 0 Å². The second-order valence-electron chi connectivity index (χ2n) is 8.78. The van der Waals surface area contributed by atoms with Crippen molar-refractivity contribution in [3.63, 3.8) is 0 Å². The first-order valence-electron chi connectivity index (χ1n) is 12.2. The fourth-order valence-corrected chi connectivity index (χ4v) is 4.77. The normalized spacial score (nSPS) is 11.6. The Morgan fingerprint density at radius 3 is 2.23 bits per heavy atom. The minimum atomic E-state index is -1.20. The van der Waals surface area contributed by atoms with Gasteiger partial charge in [-0.2, -0.15) is 8.75 Å². The van der Waals surface area contributed by atoms with Gasteiger partial charge < -0.3 is 14.6 Å². The van der Waals surface area contributed by atoms with Crippen molar-refractivity contribution in [2.75, 3.05) is 7.11 Å². The summed E-state index contributed by atoms with van der Waals surface area (Å²) in [4.78, 5) is 26.6. The minimum absolute atomic E-state index is 0.0814. The maximum atomic E-state index is 13.9. The first kappa shape index (κ1) is 25.8. The van der Waals surface area contributed by atoms with E-state index in [0.29, 0.717) is 40.3 Å². The van der Waals surface area contributed by atoms with Crippen molar-refractivity contribution >= 4 is 40.1 Å². The van der Waals surface area contributed by atoms with Crippen molar-refractivity contribution in [3.8, 4) is 11.5 Å². The lowest BCUT2D eigenvalue weighted by Crippen LogP contribution is -2.14. The van der Waals surface area contributed by atoms with Crippen LogP contribution in [0.5, 0.6) is 11.5 Å². The zero-order valence-corrected chi connectivity index (χ0v) is 21.9. The Morgan fingerprint density at radius 1 is 0.769 bits per heavy atom. The first-order valence-corrected chi connectivity index (χ1v) is 12.9. The Hall–Kier alpha value is -4.82. The zero-order chi connectivity index (χ0) is 27.2. The number of benzene rings is 4. The lowest BCUT2D eigenvalue weighted by molar-refractivity contribution is -0.130. The van der Waals surface area contributed by atoms with E-state index in [-0.39, 0.29) is 23.4 Å². The Labute approximate surface area is 229 Å². The number of Topliss-reactive ketones (excluding diaryl/α,β-unsaturated/α-hetero) is 1. The van der Waals surface area contributed by atoms with E-state index in [9.17, 15) is 14.7 Å². The number of ether oxygens (including phenoxy) is 2. The van der Waals surface area contributed by atoms with Gasteiger partial charge in [-0.15, -0.1) is 0 Å². The molecule has 0 spiro atoms. The predicted octanol–water partition coefficient (Wildman–Crippen LogP) is 6.24. The number of fused-ring (bicyclic) bond motifs is 1. The van der Waals surface area contributed by atoms with E-state index < -0.39 is 5.97 Å². The molecule has 5 aromatic rings. The highest BCUT2D eigenvalue weighted by Crippen LogP contribution is 2.29. The molecule has 1 N–H and O–H groups in total. The highest BCUT2D eigenvalue weighted by Gasteiger charge is 2.24. The van der Waals surface area contributed by atoms with Crippen LogP contribution in [0, 0.1) is 0 Å². The number of aromatic nitrogens is 2. The van der Waals surface area contributed by atoms with Crippen molar-refractivity contribution in [3.05, 3.63) is 125 Å². The summed E-state index contributed by atoms with van der Waals surface area (Å²) in [5.41, 5.74) is 3.82. The van der Waals surface area contributed by atoms with Crippen molar-refractivity contribution in [1.82, 2.24) is 8.75 Å². The molecule has 0 unspecified atom stereocenters. The highest BCUT2D eigenvalue weighted by atomic mass is 32.1. The van der Waals surface area contributed by atoms with Gasteiger partial charge in [0.1, 0.15) is 29.1 Å².